The molecule has 2 heterocycles. The van der Waals surface area contributed by atoms with Crippen molar-refractivity contribution in [2.24, 2.45) is 5.73 Å². The largest absolute Gasteiger partial charge is 0.452 e. The number of halogens is 2. The smallest absolute Gasteiger partial charge is 0.229 e. The number of benzene rings is 2. The molecule has 1 amide bonds. The first-order valence-corrected chi connectivity index (χ1v) is 9.86. The van der Waals surface area contributed by atoms with Gasteiger partial charge in [-0.3, -0.25) is 14.6 Å². The molecule has 0 fully saturated rings. The van der Waals surface area contributed by atoms with Gasteiger partial charge in [-0.1, -0.05) is 41.4 Å². The van der Waals surface area contributed by atoms with Crippen LogP contribution in [0.25, 0.3) is 22.2 Å². The number of aromatic nitrogens is 1. The summed E-state index contributed by atoms with van der Waals surface area (Å²) in [5, 5.41) is 1.54. The first-order valence-electron chi connectivity index (χ1n) is 9.11. The van der Waals surface area contributed by atoms with E-state index in [0.717, 1.165) is 16.5 Å². The number of hydrogen-bond acceptors (Lipinski definition) is 4. The predicted octanol–water partition coefficient (Wildman–Crippen LogP) is 5.37. The molecule has 0 saturated carbocycles. The van der Waals surface area contributed by atoms with Gasteiger partial charge in [0.25, 0.3) is 0 Å². The van der Waals surface area contributed by atoms with Crippen LogP contribution in [0.1, 0.15) is 27.4 Å². The van der Waals surface area contributed by atoms with E-state index < -0.39 is 5.91 Å². The van der Waals surface area contributed by atoms with Gasteiger partial charge in [0.1, 0.15) is 5.58 Å². The zero-order valence-electron chi connectivity index (χ0n) is 15.9. The second kappa shape index (κ2) is 7.94. The Hall–Kier alpha value is -3.15. The highest BCUT2D eigenvalue weighted by Gasteiger charge is 2.22. The van der Waals surface area contributed by atoms with Crippen LogP contribution < -0.4 is 5.73 Å². The van der Waals surface area contributed by atoms with E-state index in [4.69, 9.17) is 33.4 Å². The molecule has 2 aromatic carbocycles. The van der Waals surface area contributed by atoms with E-state index in [0.29, 0.717) is 27.6 Å². The summed E-state index contributed by atoms with van der Waals surface area (Å²) in [6, 6.07) is 15.7. The van der Waals surface area contributed by atoms with Crippen LogP contribution in [0.4, 0.5) is 0 Å². The SMILES string of the molecule is Cc1c(C(=O)c2ccc(Cl)cc2Cl)oc2cc(-c3cccc(CC(N)=O)n3)ccc12. The number of hydrogen-bond donors (Lipinski definition) is 1. The number of nitrogens with zero attached hydrogens (tertiary/aromatic N) is 1. The maximum absolute atomic E-state index is 13.0. The van der Waals surface area contributed by atoms with Crippen molar-refractivity contribution in [2.45, 2.75) is 13.3 Å². The van der Waals surface area contributed by atoms with E-state index in [9.17, 15) is 9.59 Å². The summed E-state index contributed by atoms with van der Waals surface area (Å²) in [5.41, 5.74) is 8.93. The van der Waals surface area contributed by atoms with Crippen LogP contribution in [0.5, 0.6) is 0 Å². The van der Waals surface area contributed by atoms with Crippen molar-refractivity contribution in [3.63, 3.8) is 0 Å². The number of amides is 1. The lowest BCUT2D eigenvalue weighted by Crippen LogP contribution is -2.14. The Morgan fingerprint density at radius 2 is 1.87 bits per heavy atom. The van der Waals surface area contributed by atoms with Crippen molar-refractivity contribution in [3.05, 3.63) is 87.2 Å². The molecule has 5 nitrogen and oxygen atoms in total. The maximum atomic E-state index is 13.0. The van der Waals surface area contributed by atoms with E-state index in [1.165, 1.54) is 6.07 Å². The zero-order chi connectivity index (χ0) is 21.4. The number of pyridine rings is 1. The van der Waals surface area contributed by atoms with Gasteiger partial charge in [0.05, 0.1) is 22.8 Å². The minimum absolute atomic E-state index is 0.0659. The monoisotopic (exact) mass is 438 g/mol. The van der Waals surface area contributed by atoms with Gasteiger partial charge >= 0.3 is 0 Å². The summed E-state index contributed by atoms with van der Waals surface area (Å²) < 4.78 is 5.91. The fraction of sp³-hybridized carbons (Fsp3) is 0.0870. The minimum Gasteiger partial charge on any atom is -0.452 e. The van der Waals surface area contributed by atoms with Crippen molar-refractivity contribution >= 4 is 45.9 Å². The molecule has 0 spiro atoms. The Labute approximate surface area is 182 Å². The molecule has 7 heteroatoms. The number of carbonyl (C=O) groups excluding carboxylic acids is 2. The summed E-state index contributed by atoms with van der Waals surface area (Å²) in [7, 11) is 0. The van der Waals surface area contributed by atoms with Crippen LogP contribution in [0.2, 0.25) is 10.0 Å². The number of furan rings is 1. The maximum Gasteiger partial charge on any atom is 0.229 e. The molecule has 0 aliphatic heterocycles. The Balaban J connectivity index is 1.75. The van der Waals surface area contributed by atoms with Gasteiger partial charge in [-0.15, -0.1) is 0 Å². The number of carbonyl (C=O) groups is 2. The molecule has 4 aromatic rings. The van der Waals surface area contributed by atoms with Crippen LogP contribution in [0.15, 0.2) is 59.0 Å². The van der Waals surface area contributed by atoms with Gasteiger partial charge in [-0.25, -0.2) is 0 Å². The molecule has 4 rings (SSSR count). The van der Waals surface area contributed by atoms with Crippen LogP contribution >= 0.6 is 23.2 Å². The molecular weight excluding hydrogens is 423 g/mol. The average Bonchev–Trinajstić information content (AvgIpc) is 3.03. The first-order chi connectivity index (χ1) is 14.3. The highest BCUT2D eigenvalue weighted by Crippen LogP contribution is 2.32. The van der Waals surface area contributed by atoms with E-state index in [-0.39, 0.29) is 23.0 Å². The highest BCUT2D eigenvalue weighted by atomic mass is 35.5. The minimum atomic E-state index is -0.444. The van der Waals surface area contributed by atoms with E-state index in [1.54, 1.807) is 18.2 Å². The lowest BCUT2D eigenvalue weighted by molar-refractivity contribution is -0.117. The Morgan fingerprint density at radius 1 is 1.07 bits per heavy atom. The van der Waals surface area contributed by atoms with E-state index in [2.05, 4.69) is 4.98 Å². The third-order valence-corrected chi connectivity index (χ3v) is 5.33. The second-order valence-electron chi connectivity index (χ2n) is 6.88. The Morgan fingerprint density at radius 3 is 2.60 bits per heavy atom. The molecule has 0 radical (unpaired) electrons. The van der Waals surface area contributed by atoms with Gasteiger partial charge in [0, 0.05) is 27.1 Å². The summed E-state index contributed by atoms with van der Waals surface area (Å²) in [6.07, 6.45) is 0.0659. The lowest BCUT2D eigenvalue weighted by atomic mass is 10.0. The van der Waals surface area contributed by atoms with Crippen LogP contribution in [0.3, 0.4) is 0 Å². The van der Waals surface area contributed by atoms with Gasteiger partial charge in [0.15, 0.2) is 5.76 Å². The highest BCUT2D eigenvalue weighted by molar-refractivity contribution is 6.37. The predicted molar refractivity (Wildman–Crippen MR) is 117 cm³/mol. The van der Waals surface area contributed by atoms with E-state index >= 15 is 0 Å². The fourth-order valence-corrected chi connectivity index (χ4v) is 3.81. The quantitative estimate of drug-likeness (QED) is 0.424. The van der Waals surface area contributed by atoms with Gasteiger partial charge < -0.3 is 10.2 Å². The van der Waals surface area contributed by atoms with Crippen molar-refractivity contribution in [2.75, 3.05) is 0 Å². The third kappa shape index (κ3) is 3.82. The summed E-state index contributed by atoms with van der Waals surface area (Å²) in [6.45, 7) is 1.83. The fourth-order valence-electron chi connectivity index (χ4n) is 3.31. The average molecular weight is 439 g/mol. The number of nitrogens with two attached hydrogens (primary N) is 1. The second-order valence-corrected chi connectivity index (χ2v) is 7.72. The summed E-state index contributed by atoms with van der Waals surface area (Å²) in [5.74, 6) is -0.531. The van der Waals surface area contributed by atoms with Gasteiger partial charge in [0.2, 0.25) is 11.7 Å². The third-order valence-electron chi connectivity index (χ3n) is 4.78. The number of aryl methyl sites for hydroxylation is 1. The number of primary amides is 1. The van der Waals surface area contributed by atoms with Crippen molar-refractivity contribution in [3.8, 4) is 11.3 Å². The van der Waals surface area contributed by atoms with Crippen LogP contribution in [-0.4, -0.2) is 16.7 Å². The molecule has 0 atom stereocenters. The van der Waals surface area contributed by atoms with Crippen LogP contribution in [0, 0.1) is 6.92 Å². The first kappa shape index (κ1) is 20.1. The van der Waals surface area contributed by atoms with Gasteiger partial charge in [-0.05, 0) is 43.3 Å². The zero-order valence-corrected chi connectivity index (χ0v) is 17.4. The van der Waals surface area contributed by atoms with E-state index in [1.807, 2.05) is 37.3 Å². The Kier molecular flexibility index (Phi) is 5.33. The molecule has 150 valence electrons. The summed E-state index contributed by atoms with van der Waals surface area (Å²) in [4.78, 5) is 28.6. The number of ketones is 1. The van der Waals surface area contributed by atoms with Crippen molar-refractivity contribution < 1.29 is 14.0 Å². The molecular formula is C23H16Cl2N2O3. The van der Waals surface area contributed by atoms with Crippen molar-refractivity contribution in [1.29, 1.82) is 0 Å². The Bertz CT molecular complexity index is 1310. The molecule has 30 heavy (non-hydrogen) atoms. The molecule has 0 aliphatic carbocycles. The lowest BCUT2D eigenvalue weighted by Gasteiger charge is -2.03. The molecule has 2 aromatic heterocycles. The standard InChI is InChI=1S/C23H16Cl2N2O3/c1-12-16-7-5-13(19-4-2-3-15(27-19)11-21(26)28)9-20(16)30-23(12)22(29)17-8-6-14(24)10-18(17)25/h2-10H,11H2,1H3,(H2,26,28). The summed E-state index contributed by atoms with van der Waals surface area (Å²) >= 11 is 12.1. The normalized spacial score (nSPS) is 11.0. The molecule has 0 aliphatic rings. The van der Waals surface area contributed by atoms with Gasteiger partial charge in [-0.2, -0.15) is 0 Å². The molecule has 2 N–H and O–H groups in total. The van der Waals surface area contributed by atoms with Crippen LogP contribution in [-0.2, 0) is 11.2 Å². The van der Waals surface area contributed by atoms with Crippen molar-refractivity contribution in [1.82, 2.24) is 4.98 Å². The topological polar surface area (TPSA) is 86.2 Å². The molecule has 0 saturated heterocycles. The number of rotatable bonds is 5. The molecule has 0 bridgehead atoms. The number of fused-ring (bicyclic) bond motifs is 1. The molecule has 0 unspecified atom stereocenters.